The lowest BCUT2D eigenvalue weighted by Crippen LogP contribution is -2.31. The Balaban J connectivity index is 2.53. The van der Waals surface area contributed by atoms with Gasteiger partial charge in [-0.25, -0.2) is 0 Å². The Hall–Kier alpha value is -2.05. The van der Waals surface area contributed by atoms with Crippen molar-refractivity contribution in [3.8, 4) is 0 Å². The van der Waals surface area contributed by atoms with Crippen molar-refractivity contribution in [1.29, 1.82) is 0 Å². The third kappa shape index (κ3) is 6.29. The zero-order valence-electron chi connectivity index (χ0n) is 11.4. The summed E-state index contributed by atoms with van der Waals surface area (Å²) in [6, 6.07) is 5.77. The number of rotatable bonds is 6. The van der Waals surface area contributed by atoms with E-state index >= 15 is 0 Å². The summed E-state index contributed by atoms with van der Waals surface area (Å²) < 4.78 is 36.2. The van der Waals surface area contributed by atoms with E-state index in [2.05, 4.69) is 5.32 Å². The van der Waals surface area contributed by atoms with Crippen LogP contribution in [0.2, 0.25) is 0 Å². The summed E-state index contributed by atoms with van der Waals surface area (Å²) in [5, 5.41) is 11.1. The molecule has 0 heterocycles. The number of carbonyl (C=O) groups is 2. The minimum absolute atomic E-state index is 0.00993. The van der Waals surface area contributed by atoms with Crippen LogP contribution < -0.4 is 5.32 Å². The Kier molecular flexibility index (Phi) is 5.75. The van der Waals surface area contributed by atoms with E-state index in [0.29, 0.717) is 5.56 Å². The molecule has 0 saturated carbocycles. The zero-order valence-corrected chi connectivity index (χ0v) is 11.4. The van der Waals surface area contributed by atoms with Crippen LogP contribution >= 0.6 is 0 Å². The van der Waals surface area contributed by atoms with Crippen LogP contribution in [-0.4, -0.2) is 29.7 Å². The first-order valence-electron chi connectivity index (χ1n) is 6.36. The number of carboxylic acids is 1. The lowest BCUT2D eigenvalue weighted by molar-refractivity contribution is -0.140. The zero-order chi connectivity index (χ0) is 16.0. The highest BCUT2D eigenvalue weighted by atomic mass is 19.4. The first-order chi connectivity index (χ1) is 9.69. The van der Waals surface area contributed by atoms with Gasteiger partial charge in [-0.3, -0.25) is 9.59 Å². The van der Waals surface area contributed by atoms with Crippen LogP contribution in [0.15, 0.2) is 24.3 Å². The SMILES string of the molecule is CC(CNC(=O)c1ccc(CCC(F)(F)F)cc1)C(=O)O. The Labute approximate surface area is 120 Å². The van der Waals surface area contributed by atoms with Crippen LogP contribution in [-0.2, 0) is 11.2 Å². The van der Waals surface area contributed by atoms with Crippen LogP contribution in [0.1, 0.15) is 29.3 Å². The highest BCUT2D eigenvalue weighted by Gasteiger charge is 2.26. The lowest BCUT2D eigenvalue weighted by Gasteiger charge is -2.09. The second kappa shape index (κ2) is 7.10. The molecule has 1 rings (SSSR count). The summed E-state index contributed by atoms with van der Waals surface area (Å²) in [7, 11) is 0. The second-order valence-corrected chi connectivity index (χ2v) is 4.76. The maximum absolute atomic E-state index is 12.1. The fourth-order valence-corrected chi connectivity index (χ4v) is 1.54. The smallest absolute Gasteiger partial charge is 0.389 e. The number of hydrogen-bond acceptors (Lipinski definition) is 2. The predicted molar refractivity (Wildman–Crippen MR) is 70.0 cm³/mol. The normalized spacial score (nSPS) is 12.8. The molecule has 0 aliphatic rings. The molecule has 0 radical (unpaired) electrons. The van der Waals surface area contributed by atoms with Gasteiger partial charge in [0.25, 0.3) is 5.91 Å². The van der Waals surface area contributed by atoms with E-state index in [0.717, 1.165) is 0 Å². The summed E-state index contributed by atoms with van der Waals surface area (Å²) in [5.41, 5.74) is 0.770. The molecule has 0 aliphatic carbocycles. The summed E-state index contributed by atoms with van der Waals surface area (Å²) >= 11 is 0. The molecule has 4 nitrogen and oxygen atoms in total. The topological polar surface area (TPSA) is 66.4 Å². The van der Waals surface area contributed by atoms with Crippen LogP contribution in [0.25, 0.3) is 0 Å². The molecule has 0 bridgehead atoms. The minimum atomic E-state index is -4.21. The van der Waals surface area contributed by atoms with E-state index in [1.165, 1.54) is 31.2 Å². The van der Waals surface area contributed by atoms with Crippen LogP contribution in [0.5, 0.6) is 0 Å². The number of aryl methyl sites for hydroxylation is 1. The number of alkyl halides is 3. The Bertz CT molecular complexity index is 497. The van der Waals surface area contributed by atoms with Crippen molar-refractivity contribution in [2.24, 2.45) is 5.92 Å². The number of aliphatic carboxylic acids is 1. The quantitative estimate of drug-likeness (QED) is 0.849. The summed E-state index contributed by atoms with van der Waals surface area (Å²) in [4.78, 5) is 22.3. The van der Waals surface area contributed by atoms with Gasteiger partial charge >= 0.3 is 12.1 Å². The number of carboxylic acid groups (broad SMARTS) is 1. The van der Waals surface area contributed by atoms with Crippen molar-refractivity contribution >= 4 is 11.9 Å². The van der Waals surface area contributed by atoms with Gasteiger partial charge in [0.2, 0.25) is 0 Å². The summed E-state index contributed by atoms with van der Waals surface area (Å²) in [6.07, 6.45) is -5.25. The van der Waals surface area contributed by atoms with E-state index in [1.54, 1.807) is 0 Å². The molecule has 0 aliphatic heterocycles. The molecule has 116 valence electrons. The summed E-state index contributed by atoms with van der Waals surface area (Å²) in [6.45, 7) is 1.45. The number of amides is 1. The fourth-order valence-electron chi connectivity index (χ4n) is 1.54. The van der Waals surface area contributed by atoms with Crippen molar-refractivity contribution < 1.29 is 27.9 Å². The number of benzene rings is 1. The van der Waals surface area contributed by atoms with Crippen molar-refractivity contribution in [3.05, 3.63) is 35.4 Å². The largest absolute Gasteiger partial charge is 0.481 e. The number of nitrogens with one attached hydrogen (secondary N) is 1. The van der Waals surface area contributed by atoms with Gasteiger partial charge < -0.3 is 10.4 Å². The van der Waals surface area contributed by atoms with Crippen molar-refractivity contribution in [1.82, 2.24) is 5.32 Å². The Morgan fingerprint density at radius 3 is 2.29 bits per heavy atom. The maximum atomic E-state index is 12.1. The average Bonchev–Trinajstić information content (AvgIpc) is 2.41. The molecule has 1 aromatic carbocycles. The van der Waals surface area contributed by atoms with E-state index < -0.39 is 30.4 Å². The van der Waals surface area contributed by atoms with Crippen LogP contribution in [0.3, 0.4) is 0 Å². The van der Waals surface area contributed by atoms with Gasteiger partial charge in [-0.05, 0) is 24.1 Å². The highest BCUT2D eigenvalue weighted by Crippen LogP contribution is 2.22. The maximum Gasteiger partial charge on any atom is 0.389 e. The molecule has 1 atom stereocenters. The Morgan fingerprint density at radius 1 is 1.24 bits per heavy atom. The molecule has 21 heavy (non-hydrogen) atoms. The van der Waals surface area contributed by atoms with Gasteiger partial charge in [0.15, 0.2) is 0 Å². The Morgan fingerprint density at radius 2 is 1.81 bits per heavy atom. The third-order valence-electron chi connectivity index (χ3n) is 2.90. The number of halogens is 3. The second-order valence-electron chi connectivity index (χ2n) is 4.76. The van der Waals surface area contributed by atoms with Crippen LogP contribution in [0.4, 0.5) is 13.2 Å². The lowest BCUT2D eigenvalue weighted by atomic mass is 10.1. The summed E-state index contributed by atoms with van der Waals surface area (Å²) in [5.74, 6) is -2.18. The van der Waals surface area contributed by atoms with Crippen molar-refractivity contribution in [2.75, 3.05) is 6.54 Å². The highest BCUT2D eigenvalue weighted by molar-refractivity contribution is 5.94. The standard InChI is InChI=1S/C14H16F3NO3/c1-9(13(20)21)8-18-12(19)11-4-2-10(3-5-11)6-7-14(15,16)17/h2-5,9H,6-8H2,1H3,(H,18,19)(H,20,21). The molecule has 0 fully saturated rings. The molecular weight excluding hydrogens is 287 g/mol. The average molecular weight is 303 g/mol. The number of hydrogen-bond donors (Lipinski definition) is 2. The van der Waals surface area contributed by atoms with Gasteiger partial charge in [0.05, 0.1) is 5.92 Å². The molecule has 1 unspecified atom stereocenters. The predicted octanol–water partition coefficient (Wildman–Crippen LogP) is 2.63. The molecule has 7 heteroatoms. The molecule has 2 N–H and O–H groups in total. The van der Waals surface area contributed by atoms with Crippen LogP contribution in [0, 0.1) is 5.92 Å². The van der Waals surface area contributed by atoms with E-state index in [1.807, 2.05) is 0 Å². The van der Waals surface area contributed by atoms with E-state index in [9.17, 15) is 22.8 Å². The van der Waals surface area contributed by atoms with Gasteiger partial charge in [-0.15, -0.1) is 0 Å². The van der Waals surface area contributed by atoms with Gasteiger partial charge in [-0.2, -0.15) is 13.2 Å². The third-order valence-corrected chi connectivity index (χ3v) is 2.90. The van der Waals surface area contributed by atoms with Crippen molar-refractivity contribution in [2.45, 2.75) is 25.9 Å². The fraction of sp³-hybridized carbons (Fsp3) is 0.429. The molecule has 0 saturated heterocycles. The monoisotopic (exact) mass is 303 g/mol. The molecule has 0 aromatic heterocycles. The molecular formula is C14H16F3NO3. The number of carbonyl (C=O) groups excluding carboxylic acids is 1. The molecule has 1 amide bonds. The molecule has 1 aromatic rings. The van der Waals surface area contributed by atoms with Gasteiger partial charge in [-0.1, -0.05) is 19.1 Å². The molecule has 0 spiro atoms. The van der Waals surface area contributed by atoms with Crippen molar-refractivity contribution in [3.63, 3.8) is 0 Å². The van der Waals surface area contributed by atoms with E-state index in [4.69, 9.17) is 5.11 Å². The minimum Gasteiger partial charge on any atom is -0.481 e. The van der Waals surface area contributed by atoms with E-state index in [-0.39, 0.29) is 18.5 Å². The first kappa shape index (κ1) is 17.0. The van der Waals surface area contributed by atoms with Gasteiger partial charge in [0, 0.05) is 18.5 Å². The first-order valence-corrected chi connectivity index (χ1v) is 6.36. The van der Waals surface area contributed by atoms with Gasteiger partial charge in [0.1, 0.15) is 0 Å².